The summed E-state index contributed by atoms with van der Waals surface area (Å²) in [6.07, 6.45) is 0. The Labute approximate surface area is 132 Å². The number of hydrogen-bond acceptors (Lipinski definition) is 2. The fraction of sp³-hybridized carbons (Fsp3) is 0.467. The molecule has 1 fully saturated rings. The van der Waals surface area contributed by atoms with E-state index in [-0.39, 0.29) is 23.3 Å². The lowest BCUT2D eigenvalue weighted by atomic mass is 10.1. The fourth-order valence-electron chi connectivity index (χ4n) is 2.33. The molecule has 1 saturated heterocycles. The average molecular weight is 357 g/mol. The summed E-state index contributed by atoms with van der Waals surface area (Å²) in [6.45, 7) is 5.58. The lowest BCUT2D eigenvalue weighted by Gasteiger charge is -2.35. The van der Waals surface area contributed by atoms with Gasteiger partial charge in [0.1, 0.15) is 5.82 Å². The van der Waals surface area contributed by atoms with Crippen LogP contribution in [0.15, 0.2) is 22.7 Å². The van der Waals surface area contributed by atoms with Gasteiger partial charge in [-0.15, -0.1) is 0 Å². The summed E-state index contributed by atoms with van der Waals surface area (Å²) < 4.78 is 14.4. The van der Waals surface area contributed by atoms with Gasteiger partial charge in [-0.1, -0.05) is 29.8 Å². The van der Waals surface area contributed by atoms with Crippen LogP contribution >= 0.6 is 15.9 Å². The monoisotopic (exact) mass is 356 g/mol. The number of rotatable bonds is 2. The number of halogens is 2. The van der Waals surface area contributed by atoms with E-state index in [1.165, 1.54) is 12.1 Å². The maximum atomic E-state index is 13.8. The van der Waals surface area contributed by atoms with Gasteiger partial charge in [-0.2, -0.15) is 0 Å². The Morgan fingerprint density at radius 3 is 2.29 bits per heavy atom. The highest BCUT2D eigenvalue weighted by Gasteiger charge is 2.27. The predicted octanol–water partition coefficient (Wildman–Crippen LogP) is 2.53. The van der Waals surface area contributed by atoms with E-state index in [2.05, 4.69) is 15.9 Å². The van der Waals surface area contributed by atoms with Crippen molar-refractivity contribution >= 4 is 27.7 Å². The van der Waals surface area contributed by atoms with Crippen LogP contribution in [-0.2, 0) is 4.79 Å². The number of carbonyl (C=O) groups is 2. The first kappa shape index (κ1) is 15.9. The number of amides is 2. The number of nitrogens with zero attached hydrogens (tertiary/aromatic N) is 2. The van der Waals surface area contributed by atoms with Crippen LogP contribution in [0.2, 0.25) is 0 Å². The molecule has 2 rings (SSSR count). The molecule has 0 saturated carbocycles. The second kappa shape index (κ2) is 6.56. The van der Waals surface area contributed by atoms with Crippen LogP contribution in [-0.4, -0.2) is 47.8 Å². The summed E-state index contributed by atoms with van der Waals surface area (Å²) in [5.74, 6) is -0.806. The largest absolute Gasteiger partial charge is 0.339 e. The standard InChI is InChI=1S/C15H18BrFN2O2/c1-10(2)14(20)18-5-7-19(8-6-18)15(21)12-9-11(16)3-4-13(12)17/h3-4,9-10H,5-8H2,1-2H3. The SMILES string of the molecule is CC(C)C(=O)N1CCN(C(=O)c2cc(Br)ccc2F)CC1. The maximum absolute atomic E-state index is 13.8. The lowest BCUT2D eigenvalue weighted by molar-refractivity contribution is -0.135. The zero-order chi connectivity index (χ0) is 15.6. The van der Waals surface area contributed by atoms with Gasteiger partial charge in [0, 0.05) is 36.6 Å². The fourth-order valence-corrected chi connectivity index (χ4v) is 2.69. The minimum absolute atomic E-state index is 0.0465. The molecule has 0 N–H and O–H groups in total. The third kappa shape index (κ3) is 3.61. The molecule has 0 aliphatic carbocycles. The molecule has 0 atom stereocenters. The van der Waals surface area contributed by atoms with Crippen molar-refractivity contribution in [3.63, 3.8) is 0 Å². The molecule has 1 aromatic carbocycles. The minimum atomic E-state index is -0.524. The number of piperazine rings is 1. The van der Waals surface area contributed by atoms with Crippen LogP contribution < -0.4 is 0 Å². The van der Waals surface area contributed by atoms with Gasteiger partial charge in [0.25, 0.3) is 5.91 Å². The van der Waals surface area contributed by atoms with E-state index in [4.69, 9.17) is 0 Å². The lowest BCUT2D eigenvalue weighted by Crippen LogP contribution is -2.51. The normalized spacial score (nSPS) is 15.5. The highest BCUT2D eigenvalue weighted by molar-refractivity contribution is 9.10. The van der Waals surface area contributed by atoms with Crippen molar-refractivity contribution in [1.29, 1.82) is 0 Å². The van der Waals surface area contributed by atoms with Gasteiger partial charge in [0.15, 0.2) is 0 Å². The first-order chi connectivity index (χ1) is 9.90. The smallest absolute Gasteiger partial charge is 0.256 e. The minimum Gasteiger partial charge on any atom is -0.339 e. The Morgan fingerprint density at radius 1 is 1.14 bits per heavy atom. The Kier molecular flexibility index (Phi) is 4.98. The summed E-state index contributed by atoms with van der Waals surface area (Å²) in [6, 6.07) is 4.32. The summed E-state index contributed by atoms with van der Waals surface area (Å²) in [4.78, 5) is 27.6. The predicted molar refractivity (Wildman–Crippen MR) is 81.4 cm³/mol. The summed E-state index contributed by atoms with van der Waals surface area (Å²) >= 11 is 3.24. The Balaban J connectivity index is 2.03. The summed E-state index contributed by atoms with van der Waals surface area (Å²) in [5.41, 5.74) is 0.0630. The van der Waals surface area contributed by atoms with Gasteiger partial charge in [0.2, 0.25) is 5.91 Å². The Morgan fingerprint density at radius 2 is 1.71 bits per heavy atom. The molecule has 2 amide bonds. The summed E-state index contributed by atoms with van der Waals surface area (Å²) in [7, 11) is 0. The molecule has 0 bridgehead atoms. The van der Waals surface area contributed by atoms with Crippen LogP contribution in [0.3, 0.4) is 0 Å². The van der Waals surface area contributed by atoms with Gasteiger partial charge in [-0.3, -0.25) is 9.59 Å². The molecule has 1 aliphatic rings. The van der Waals surface area contributed by atoms with Crippen LogP contribution in [0.4, 0.5) is 4.39 Å². The number of carbonyl (C=O) groups excluding carboxylic acids is 2. The molecule has 1 aliphatic heterocycles. The molecule has 114 valence electrons. The molecule has 0 unspecified atom stereocenters. The van der Waals surface area contributed by atoms with Crippen LogP contribution in [0.1, 0.15) is 24.2 Å². The van der Waals surface area contributed by atoms with E-state index < -0.39 is 5.82 Å². The molecule has 21 heavy (non-hydrogen) atoms. The van der Waals surface area contributed by atoms with Crippen molar-refractivity contribution in [3.8, 4) is 0 Å². The molecule has 0 spiro atoms. The average Bonchev–Trinajstić information content (AvgIpc) is 2.48. The highest BCUT2D eigenvalue weighted by Crippen LogP contribution is 2.18. The van der Waals surface area contributed by atoms with Crippen molar-refractivity contribution in [1.82, 2.24) is 9.80 Å². The third-order valence-electron chi connectivity index (χ3n) is 3.53. The van der Waals surface area contributed by atoms with Crippen LogP contribution in [0.5, 0.6) is 0 Å². The van der Waals surface area contributed by atoms with Crippen molar-refractivity contribution < 1.29 is 14.0 Å². The van der Waals surface area contributed by atoms with E-state index >= 15 is 0 Å². The molecule has 6 heteroatoms. The molecule has 0 radical (unpaired) electrons. The van der Waals surface area contributed by atoms with E-state index in [0.717, 1.165) is 0 Å². The molecular weight excluding hydrogens is 339 g/mol. The zero-order valence-corrected chi connectivity index (χ0v) is 13.7. The molecule has 1 aromatic rings. The van der Waals surface area contributed by atoms with Crippen molar-refractivity contribution in [3.05, 3.63) is 34.1 Å². The Hall–Kier alpha value is -1.43. The number of hydrogen-bond donors (Lipinski definition) is 0. The van der Waals surface area contributed by atoms with Crippen molar-refractivity contribution in [2.45, 2.75) is 13.8 Å². The van der Waals surface area contributed by atoms with Gasteiger partial charge in [-0.25, -0.2) is 4.39 Å². The second-order valence-corrected chi connectivity index (χ2v) is 6.31. The highest BCUT2D eigenvalue weighted by atomic mass is 79.9. The summed E-state index contributed by atoms with van der Waals surface area (Å²) in [5, 5.41) is 0. The second-order valence-electron chi connectivity index (χ2n) is 5.40. The van der Waals surface area contributed by atoms with Gasteiger partial charge in [0.05, 0.1) is 5.56 Å². The van der Waals surface area contributed by atoms with E-state index in [0.29, 0.717) is 30.7 Å². The van der Waals surface area contributed by atoms with Gasteiger partial charge >= 0.3 is 0 Å². The van der Waals surface area contributed by atoms with Crippen molar-refractivity contribution in [2.24, 2.45) is 5.92 Å². The topological polar surface area (TPSA) is 40.6 Å². The van der Waals surface area contributed by atoms with Gasteiger partial charge in [-0.05, 0) is 18.2 Å². The maximum Gasteiger partial charge on any atom is 0.256 e. The number of benzene rings is 1. The van der Waals surface area contributed by atoms with Crippen LogP contribution in [0.25, 0.3) is 0 Å². The van der Waals surface area contributed by atoms with Crippen LogP contribution in [0, 0.1) is 11.7 Å². The molecule has 4 nitrogen and oxygen atoms in total. The third-order valence-corrected chi connectivity index (χ3v) is 4.02. The van der Waals surface area contributed by atoms with E-state index in [1.54, 1.807) is 15.9 Å². The molecule has 0 aromatic heterocycles. The van der Waals surface area contributed by atoms with E-state index in [9.17, 15) is 14.0 Å². The zero-order valence-electron chi connectivity index (χ0n) is 12.1. The molecule has 1 heterocycles. The van der Waals surface area contributed by atoms with Crippen molar-refractivity contribution in [2.75, 3.05) is 26.2 Å². The molecular formula is C15H18BrFN2O2. The van der Waals surface area contributed by atoms with E-state index in [1.807, 2.05) is 13.8 Å². The first-order valence-corrected chi connectivity index (χ1v) is 7.72. The Bertz CT molecular complexity index is 555. The quantitative estimate of drug-likeness (QED) is 0.816. The first-order valence-electron chi connectivity index (χ1n) is 6.93. The van der Waals surface area contributed by atoms with Gasteiger partial charge < -0.3 is 9.80 Å².